The van der Waals surface area contributed by atoms with Gasteiger partial charge in [0.15, 0.2) is 5.82 Å². The van der Waals surface area contributed by atoms with Gasteiger partial charge in [-0.25, -0.2) is 9.97 Å². The zero-order valence-electron chi connectivity index (χ0n) is 11.3. The molecule has 5 nitrogen and oxygen atoms in total. The zero-order valence-corrected chi connectivity index (χ0v) is 12.1. The number of para-hydroxylation sites is 1. The van der Waals surface area contributed by atoms with Crippen molar-refractivity contribution < 1.29 is 4.74 Å². The maximum absolute atomic E-state index is 9.04. The summed E-state index contributed by atoms with van der Waals surface area (Å²) in [5.41, 5.74) is 0.503. The molecule has 21 heavy (non-hydrogen) atoms. The normalized spacial score (nSPS) is 10.3. The van der Waals surface area contributed by atoms with Gasteiger partial charge in [-0.3, -0.25) is 0 Å². The highest BCUT2D eigenvalue weighted by Gasteiger charge is 2.09. The van der Waals surface area contributed by atoms with Gasteiger partial charge in [0.2, 0.25) is 0 Å². The highest BCUT2D eigenvalue weighted by Crippen LogP contribution is 2.25. The molecule has 1 aromatic carbocycles. The Morgan fingerprint density at radius 2 is 2.14 bits per heavy atom. The summed E-state index contributed by atoms with van der Waals surface area (Å²) >= 11 is 1.56. The molecule has 1 N–H and O–H groups in total. The molecule has 2 heterocycles. The van der Waals surface area contributed by atoms with Crippen LogP contribution in [0.4, 0.5) is 5.82 Å². The summed E-state index contributed by atoms with van der Waals surface area (Å²) in [5, 5.41) is 15.1. The Bertz CT molecular complexity index is 822. The molecule has 0 spiro atoms. The summed E-state index contributed by atoms with van der Waals surface area (Å²) in [7, 11) is 1.83. The predicted molar refractivity (Wildman–Crippen MR) is 82.5 cm³/mol. The Labute approximate surface area is 125 Å². The lowest BCUT2D eigenvalue weighted by atomic mass is 10.2. The van der Waals surface area contributed by atoms with Crippen molar-refractivity contribution in [1.29, 1.82) is 5.26 Å². The van der Waals surface area contributed by atoms with Crippen molar-refractivity contribution in [1.82, 2.24) is 9.97 Å². The average Bonchev–Trinajstić information content (AvgIpc) is 3.00. The number of benzene rings is 1. The lowest BCUT2D eigenvalue weighted by molar-refractivity contribution is 0.296. The number of anilines is 1. The molecule has 104 valence electrons. The largest absolute Gasteiger partial charge is 0.484 e. The van der Waals surface area contributed by atoms with Crippen LogP contribution in [0.25, 0.3) is 10.2 Å². The SMILES string of the molecule is CNc1nc(COc2ccccc2C#N)nc2sccc12. The van der Waals surface area contributed by atoms with Crippen molar-refractivity contribution in [2.75, 3.05) is 12.4 Å². The van der Waals surface area contributed by atoms with E-state index in [9.17, 15) is 0 Å². The van der Waals surface area contributed by atoms with E-state index in [1.807, 2.05) is 24.6 Å². The van der Waals surface area contributed by atoms with Crippen molar-refractivity contribution >= 4 is 27.4 Å². The molecule has 6 heteroatoms. The number of nitriles is 1. The van der Waals surface area contributed by atoms with Crippen LogP contribution in [0.1, 0.15) is 11.4 Å². The van der Waals surface area contributed by atoms with E-state index in [1.54, 1.807) is 29.5 Å². The molecule has 0 saturated heterocycles. The van der Waals surface area contributed by atoms with E-state index in [0.29, 0.717) is 17.1 Å². The monoisotopic (exact) mass is 296 g/mol. The first-order chi connectivity index (χ1) is 10.3. The highest BCUT2D eigenvalue weighted by molar-refractivity contribution is 7.16. The topological polar surface area (TPSA) is 70.8 Å². The van der Waals surface area contributed by atoms with Gasteiger partial charge in [0, 0.05) is 7.05 Å². The van der Waals surface area contributed by atoms with Crippen LogP contribution in [0, 0.1) is 11.3 Å². The molecular weight excluding hydrogens is 284 g/mol. The molecule has 0 aliphatic rings. The summed E-state index contributed by atoms with van der Waals surface area (Å²) < 4.78 is 5.67. The molecule has 0 unspecified atom stereocenters. The average molecular weight is 296 g/mol. The predicted octanol–water partition coefficient (Wildman–Crippen LogP) is 3.18. The first-order valence-electron chi connectivity index (χ1n) is 6.35. The van der Waals surface area contributed by atoms with Gasteiger partial charge in [0.1, 0.15) is 29.1 Å². The van der Waals surface area contributed by atoms with Gasteiger partial charge in [0.25, 0.3) is 0 Å². The summed E-state index contributed by atoms with van der Waals surface area (Å²) in [4.78, 5) is 9.83. The quantitative estimate of drug-likeness (QED) is 0.800. The number of ether oxygens (including phenoxy) is 1. The van der Waals surface area contributed by atoms with E-state index in [-0.39, 0.29) is 6.61 Å². The zero-order chi connectivity index (χ0) is 14.7. The third kappa shape index (κ3) is 2.64. The lowest BCUT2D eigenvalue weighted by Crippen LogP contribution is -2.05. The van der Waals surface area contributed by atoms with Gasteiger partial charge in [-0.1, -0.05) is 12.1 Å². The maximum Gasteiger partial charge on any atom is 0.169 e. The van der Waals surface area contributed by atoms with Crippen molar-refractivity contribution in [2.24, 2.45) is 0 Å². The smallest absolute Gasteiger partial charge is 0.169 e. The van der Waals surface area contributed by atoms with Gasteiger partial charge in [0.05, 0.1) is 10.9 Å². The first-order valence-corrected chi connectivity index (χ1v) is 7.23. The molecule has 0 fully saturated rings. The van der Waals surface area contributed by atoms with Gasteiger partial charge in [-0.2, -0.15) is 5.26 Å². The molecule has 3 rings (SSSR count). The second kappa shape index (κ2) is 5.77. The van der Waals surface area contributed by atoms with Crippen LogP contribution >= 0.6 is 11.3 Å². The van der Waals surface area contributed by atoms with Crippen molar-refractivity contribution in [3.8, 4) is 11.8 Å². The fourth-order valence-electron chi connectivity index (χ4n) is 1.98. The van der Waals surface area contributed by atoms with E-state index >= 15 is 0 Å². The second-order valence-corrected chi connectivity index (χ2v) is 5.17. The van der Waals surface area contributed by atoms with Crippen LogP contribution in [-0.4, -0.2) is 17.0 Å². The number of fused-ring (bicyclic) bond motifs is 1. The summed E-state index contributed by atoms with van der Waals surface area (Å²) in [5.74, 6) is 1.91. The maximum atomic E-state index is 9.04. The van der Waals surface area contributed by atoms with Gasteiger partial charge >= 0.3 is 0 Å². The van der Waals surface area contributed by atoms with Gasteiger partial charge < -0.3 is 10.1 Å². The van der Waals surface area contributed by atoms with E-state index < -0.39 is 0 Å². The van der Waals surface area contributed by atoms with Crippen LogP contribution in [0.15, 0.2) is 35.7 Å². The van der Waals surface area contributed by atoms with Crippen molar-refractivity contribution in [2.45, 2.75) is 6.61 Å². The molecule has 2 aromatic heterocycles. The minimum Gasteiger partial charge on any atom is -0.484 e. The fourth-order valence-corrected chi connectivity index (χ4v) is 2.76. The first kappa shape index (κ1) is 13.3. The molecule has 0 saturated carbocycles. The van der Waals surface area contributed by atoms with Crippen LogP contribution in [0.2, 0.25) is 0 Å². The Morgan fingerprint density at radius 1 is 1.29 bits per heavy atom. The van der Waals surface area contributed by atoms with Gasteiger partial charge in [-0.05, 0) is 23.6 Å². The Balaban J connectivity index is 1.87. The second-order valence-electron chi connectivity index (χ2n) is 4.27. The molecule has 0 aliphatic carbocycles. The number of nitrogens with zero attached hydrogens (tertiary/aromatic N) is 3. The minimum absolute atomic E-state index is 0.223. The molecule has 0 aliphatic heterocycles. The summed E-state index contributed by atoms with van der Waals surface area (Å²) in [6, 6.07) is 11.2. The molecular formula is C15H12N4OS. The number of hydrogen-bond acceptors (Lipinski definition) is 6. The third-order valence-electron chi connectivity index (χ3n) is 2.97. The number of aromatic nitrogens is 2. The molecule has 0 radical (unpaired) electrons. The number of rotatable bonds is 4. The van der Waals surface area contributed by atoms with E-state index in [4.69, 9.17) is 10.00 Å². The Morgan fingerprint density at radius 3 is 2.95 bits per heavy atom. The van der Waals surface area contributed by atoms with Gasteiger partial charge in [-0.15, -0.1) is 11.3 Å². The number of hydrogen-bond donors (Lipinski definition) is 1. The van der Waals surface area contributed by atoms with Crippen LogP contribution in [0.5, 0.6) is 5.75 Å². The summed E-state index contributed by atoms with van der Waals surface area (Å²) in [6.07, 6.45) is 0. The van der Waals surface area contributed by atoms with Crippen molar-refractivity contribution in [3.05, 3.63) is 47.1 Å². The number of nitrogens with one attached hydrogen (secondary N) is 1. The molecule has 0 amide bonds. The molecule has 3 aromatic rings. The fraction of sp³-hybridized carbons (Fsp3) is 0.133. The van der Waals surface area contributed by atoms with Crippen LogP contribution in [0.3, 0.4) is 0 Å². The minimum atomic E-state index is 0.223. The van der Waals surface area contributed by atoms with E-state index in [0.717, 1.165) is 16.0 Å². The standard InChI is InChI=1S/C15H12N4OS/c1-17-14-11-6-7-21-15(11)19-13(18-14)9-20-12-5-3-2-4-10(12)8-16/h2-7H,9H2,1H3,(H,17,18,19). The highest BCUT2D eigenvalue weighted by atomic mass is 32.1. The molecule has 0 bridgehead atoms. The third-order valence-corrected chi connectivity index (χ3v) is 3.78. The van der Waals surface area contributed by atoms with E-state index in [1.165, 1.54) is 0 Å². The number of thiophene rings is 1. The Kier molecular flexibility index (Phi) is 3.67. The Hall–Kier alpha value is -2.65. The summed E-state index contributed by atoms with van der Waals surface area (Å²) in [6.45, 7) is 0.223. The lowest BCUT2D eigenvalue weighted by Gasteiger charge is -2.08. The van der Waals surface area contributed by atoms with Crippen molar-refractivity contribution in [3.63, 3.8) is 0 Å². The van der Waals surface area contributed by atoms with Crippen LogP contribution in [-0.2, 0) is 6.61 Å². The molecule has 0 atom stereocenters. The van der Waals surface area contributed by atoms with E-state index in [2.05, 4.69) is 21.4 Å². The van der Waals surface area contributed by atoms with Crippen LogP contribution < -0.4 is 10.1 Å².